The van der Waals surface area contributed by atoms with Crippen molar-refractivity contribution in [3.8, 4) is 28.7 Å². The van der Waals surface area contributed by atoms with E-state index in [4.69, 9.17) is 10.2 Å². The molecule has 3 aromatic carbocycles. The van der Waals surface area contributed by atoms with Crippen LogP contribution in [0.3, 0.4) is 0 Å². The molecule has 3 heterocycles. The topological polar surface area (TPSA) is 84.7 Å². The van der Waals surface area contributed by atoms with E-state index in [1.807, 2.05) is 35.2 Å². The quantitative estimate of drug-likeness (QED) is 0.412. The van der Waals surface area contributed by atoms with Gasteiger partial charge in [0.25, 0.3) is 0 Å². The van der Waals surface area contributed by atoms with Crippen molar-refractivity contribution in [2.24, 2.45) is 0 Å². The Morgan fingerprint density at radius 3 is 2.29 bits per heavy atom. The number of aromatic amines is 1. The summed E-state index contributed by atoms with van der Waals surface area (Å²) in [4.78, 5) is 21.6. The van der Waals surface area contributed by atoms with Gasteiger partial charge in [-0.25, -0.2) is 15.0 Å². The highest BCUT2D eigenvalue weighted by molar-refractivity contribution is 5.94. The zero-order valence-electron chi connectivity index (χ0n) is 18.6. The number of benzene rings is 3. The average molecular weight is 446 g/mol. The molecule has 1 saturated heterocycles. The second-order valence-corrected chi connectivity index (χ2v) is 8.62. The standard InChI is InChI=1S/C27H23N7/c28-17-34-12-10-33(11-13-34)16-19-6-8-21(9-7-19)27-26(20-4-2-1-3-5-20)31-24-14-22-23(30-18-29-22)15-25(24)32-27/h1-9,14-15,18,32H,10-13,16H2. The summed E-state index contributed by atoms with van der Waals surface area (Å²) in [6.45, 7) is 4.31. The molecule has 166 valence electrons. The van der Waals surface area contributed by atoms with E-state index in [0.29, 0.717) is 0 Å². The van der Waals surface area contributed by atoms with Crippen molar-refractivity contribution < 1.29 is 0 Å². The molecule has 0 amide bonds. The fourth-order valence-electron chi connectivity index (χ4n) is 4.54. The molecule has 1 aliphatic rings. The van der Waals surface area contributed by atoms with Crippen LogP contribution in [0.5, 0.6) is 0 Å². The molecule has 0 spiro atoms. The lowest BCUT2D eigenvalue weighted by molar-refractivity contribution is 0.167. The molecule has 0 atom stereocenters. The zero-order valence-corrected chi connectivity index (χ0v) is 18.6. The molecule has 1 aliphatic heterocycles. The van der Waals surface area contributed by atoms with Crippen molar-refractivity contribution in [3.05, 3.63) is 78.6 Å². The highest BCUT2D eigenvalue weighted by atomic mass is 15.2. The van der Waals surface area contributed by atoms with Gasteiger partial charge in [0.2, 0.25) is 0 Å². The van der Waals surface area contributed by atoms with Gasteiger partial charge in [-0.2, -0.15) is 5.26 Å². The minimum atomic E-state index is 0.799. The van der Waals surface area contributed by atoms with Gasteiger partial charge in [0, 0.05) is 43.9 Å². The summed E-state index contributed by atoms with van der Waals surface area (Å²) in [6.07, 6.45) is 3.83. The third kappa shape index (κ3) is 3.85. The Kier molecular flexibility index (Phi) is 5.13. The van der Waals surface area contributed by atoms with E-state index in [9.17, 15) is 0 Å². The van der Waals surface area contributed by atoms with Crippen molar-refractivity contribution in [1.29, 1.82) is 5.26 Å². The Bertz CT molecular complexity index is 1490. The minimum Gasteiger partial charge on any atom is -0.351 e. The van der Waals surface area contributed by atoms with Crippen LogP contribution in [-0.2, 0) is 6.54 Å². The summed E-state index contributed by atoms with van der Waals surface area (Å²) < 4.78 is 0. The first-order valence-electron chi connectivity index (χ1n) is 11.4. The van der Waals surface area contributed by atoms with Crippen LogP contribution in [0.2, 0.25) is 0 Å². The van der Waals surface area contributed by atoms with Crippen molar-refractivity contribution >= 4 is 22.1 Å². The summed E-state index contributed by atoms with van der Waals surface area (Å²) >= 11 is 0. The number of nitrogens with zero attached hydrogens (tertiary/aromatic N) is 6. The molecule has 6 rings (SSSR count). The van der Waals surface area contributed by atoms with Gasteiger partial charge in [-0.05, 0) is 17.7 Å². The Labute approximate surface area is 197 Å². The SMILES string of the molecule is N#CN1CCN(Cc2ccc(-c3[nH]c4cc5ncnc5cc4nc3-c3ccccc3)cc2)CC1. The molecule has 0 aliphatic carbocycles. The number of hydrogen-bond acceptors (Lipinski definition) is 6. The zero-order chi connectivity index (χ0) is 22.9. The van der Waals surface area contributed by atoms with E-state index in [-0.39, 0.29) is 0 Å². The van der Waals surface area contributed by atoms with Crippen LogP contribution in [0, 0.1) is 11.5 Å². The molecule has 1 fully saturated rings. The van der Waals surface area contributed by atoms with Crippen LogP contribution in [0.25, 0.3) is 44.6 Å². The van der Waals surface area contributed by atoms with Crippen LogP contribution in [-0.4, -0.2) is 55.9 Å². The Balaban J connectivity index is 1.37. The van der Waals surface area contributed by atoms with Gasteiger partial charge in [0.15, 0.2) is 6.19 Å². The van der Waals surface area contributed by atoms with E-state index in [1.165, 1.54) is 5.56 Å². The Hall–Kier alpha value is -4.28. The van der Waals surface area contributed by atoms with E-state index in [0.717, 1.165) is 77.3 Å². The van der Waals surface area contributed by atoms with Gasteiger partial charge in [-0.3, -0.25) is 4.90 Å². The van der Waals surface area contributed by atoms with Gasteiger partial charge >= 0.3 is 0 Å². The van der Waals surface area contributed by atoms with Crippen LogP contribution in [0.15, 0.2) is 73.1 Å². The first-order valence-corrected chi connectivity index (χ1v) is 11.4. The average Bonchev–Trinajstić information content (AvgIpc) is 3.35. The molecule has 7 heteroatoms. The van der Waals surface area contributed by atoms with Crippen molar-refractivity contribution in [1.82, 2.24) is 29.7 Å². The number of nitrogens with one attached hydrogen (secondary N) is 1. The smallest absolute Gasteiger partial charge is 0.179 e. The number of fused-ring (bicyclic) bond motifs is 2. The molecule has 2 aromatic heterocycles. The molecular weight excluding hydrogens is 422 g/mol. The lowest BCUT2D eigenvalue weighted by Gasteiger charge is -2.31. The highest BCUT2D eigenvalue weighted by Crippen LogP contribution is 2.32. The number of rotatable bonds is 4. The first kappa shape index (κ1) is 20.3. The van der Waals surface area contributed by atoms with Gasteiger partial charge in [0.05, 0.1) is 33.5 Å². The summed E-state index contributed by atoms with van der Waals surface area (Å²) in [6, 6.07) is 22.9. The fraction of sp³-hybridized carbons (Fsp3) is 0.185. The van der Waals surface area contributed by atoms with Crippen LogP contribution < -0.4 is 0 Å². The fourth-order valence-corrected chi connectivity index (χ4v) is 4.54. The van der Waals surface area contributed by atoms with E-state index >= 15 is 0 Å². The van der Waals surface area contributed by atoms with Gasteiger partial charge < -0.3 is 9.88 Å². The third-order valence-electron chi connectivity index (χ3n) is 6.42. The summed E-state index contributed by atoms with van der Waals surface area (Å²) in [5, 5.41) is 9.06. The summed E-state index contributed by atoms with van der Waals surface area (Å²) in [7, 11) is 0. The number of imidazole rings is 1. The molecule has 7 nitrogen and oxygen atoms in total. The maximum Gasteiger partial charge on any atom is 0.179 e. The predicted molar refractivity (Wildman–Crippen MR) is 133 cm³/mol. The van der Waals surface area contributed by atoms with Crippen LogP contribution >= 0.6 is 0 Å². The summed E-state index contributed by atoms with van der Waals surface area (Å²) in [5.74, 6) is 0. The van der Waals surface area contributed by atoms with Crippen molar-refractivity contribution in [2.45, 2.75) is 6.54 Å². The normalized spacial score (nSPS) is 14.5. The van der Waals surface area contributed by atoms with Crippen LogP contribution in [0.1, 0.15) is 5.56 Å². The molecule has 0 bridgehead atoms. The molecule has 5 aromatic rings. The third-order valence-corrected chi connectivity index (χ3v) is 6.42. The molecule has 0 unspecified atom stereocenters. The highest BCUT2D eigenvalue weighted by Gasteiger charge is 2.17. The number of H-pyrrole nitrogens is 1. The maximum atomic E-state index is 9.06. The second kappa shape index (κ2) is 8.58. The predicted octanol–water partition coefficient (Wildman–Crippen LogP) is 4.44. The van der Waals surface area contributed by atoms with Crippen molar-refractivity contribution in [3.63, 3.8) is 0 Å². The van der Waals surface area contributed by atoms with Crippen LogP contribution in [0.4, 0.5) is 0 Å². The first-order chi connectivity index (χ1) is 16.8. The second-order valence-electron chi connectivity index (χ2n) is 8.62. The van der Waals surface area contributed by atoms with E-state index < -0.39 is 0 Å². The lowest BCUT2D eigenvalue weighted by Crippen LogP contribution is -2.43. The molecule has 1 N–H and O–H groups in total. The lowest BCUT2D eigenvalue weighted by atomic mass is 10.0. The maximum absolute atomic E-state index is 9.06. The minimum absolute atomic E-state index is 0.799. The molecular formula is C27H23N7. The van der Waals surface area contributed by atoms with E-state index in [2.05, 4.69) is 62.4 Å². The Morgan fingerprint density at radius 1 is 0.824 bits per heavy atom. The Morgan fingerprint density at radius 2 is 1.56 bits per heavy atom. The number of hydrogen-bond donors (Lipinski definition) is 1. The van der Waals surface area contributed by atoms with Gasteiger partial charge in [0.1, 0.15) is 6.33 Å². The van der Waals surface area contributed by atoms with Gasteiger partial charge in [-0.1, -0.05) is 54.6 Å². The summed E-state index contributed by atoms with van der Waals surface area (Å²) in [5.41, 5.74) is 8.79. The number of aromatic nitrogens is 4. The number of piperazine rings is 1. The monoisotopic (exact) mass is 445 g/mol. The van der Waals surface area contributed by atoms with E-state index in [1.54, 1.807) is 6.33 Å². The molecule has 0 radical (unpaired) electrons. The van der Waals surface area contributed by atoms with Crippen molar-refractivity contribution in [2.75, 3.05) is 26.2 Å². The number of nitriles is 1. The van der Waals surface area contributed by atoms with Gasteiger partial charge in [-0.15, -0.1) is 0 Å². The molecule has 34 heavy (non-hydrogen) atoms. The largest absolute Gasteiger partial charge is 0.351 e. The molecule has 0 saturated carbocycles.